The first kappa shape index (κ1) is 10.0. The van der Waals surface area contributed by atoms with Gasteiger partial charge in [0, 0.05) is 43.9 Å². The molecule has 1 aliphatic carbocycles. The van der Waals surface area contributed by atoms with Crippen molar-refractivity contribution in [2.45, 2.75) is 25.7 Å². The quantitative estimate of drug-likeness (QED) is 0.806. The number of aromatic nitrogens is 2. The number of hydrogen-bond acceptors (Lipinski definition) is 4. The zero-order chi connectivity index (χ0) is 11.0. The molecule has 1 aromatic rings. The van der Waals surface area contributed by atoms with Crippen LogP contribution in [0.5, 0.6) is 0 Å². The Morgan fingerprint density at radius 3 is 2.69 bits per heavy atom. The van der Waals surface area contributed by atoms with Crippen LogP contribution < -0.4 is 10.2 Å². The van der Waals surface area contributed by atoms with Gasteiger partial charge in [0.25, 0.3) is 0 Å². The molecule has 4 heteroatoms. The molecule has 86 valence electrons. The number of hydrogen-bond donors (Lipinski definition) is 1. The Labute approximate surface area is 96.1 Å². The van der Waals surface area contributed by atoms with Crippen LogP contribution in [0.2, 0.25) is 0 Å². The molecule has 2 aliphatic rings. The third-order valence-corrected chi connectivity index (χ3v) is 3.24. The standard InChI is InChI=1S/C12H18N4/c1-9-8-11(16-6-4-13-5-7-16)15-12(14-9)10-2-3-10/h8,10,13H,2-7H2,1H3. The highest BCUT2D eigenvalue weighted by molar-refractivity contribution is 5.41. The van der Waals surface area contributed by atoms with Crippen LogP contribution in [-0.2, 0) is 0 Å². The summed E-state index contributed by atoms with van der Waals surface area (Å²) in [7, 11) is 0. The maximum atomic E-state index is 4.71. The van der Waals surface area contributed by atoms with Gasteiger partial charge in [-0.3, -0.25) is 0 Å². The first-order valence-electron chi connectivity index (χ1n) is 6.14. The van der Waals surface area contributed by atoms with Crippen molar-refractivity contribution in [1.82, 2.24) is 15.3 Å². The molecule has 1 saturated carbocycles. The average Bonchev–Trinajstić information content (AvgIpc) is 3.13. The number of aryl methyl sites for hydroxylation is 1. The first-order chi connectivity index (χ1) is 7.83. The Kier molecular flexibility index (Phi) is 2.52. The number of piperazine rings is 1. The summed E-state index contributed by atoms with van der Waals surface area (Å²) >= 11 is 0. The van der Waals surface area contributed by atoms with Crippen molar-refractivity contribution in [2.24, 2.45) is 0 Å². The Balaban J connectivity index is 1.86. The minimum absolute atomic E-state index is 0.640. The summed E-state index contributed by atoms with van der Waals surface area (Å²) in [6.45, 7) is 6.30. The predicted molar refractivity (Wildman–Crippen MR) is 63.8 cm³/mol. The van der Waals surface area contributed by atoms with Gasteiger partial charge in [0.05, 0.1) is 0 Å². The number of nitrogens with zero attached hydrogens (tertiary/aromatic N) is 3. The molecule has 16 heavy (non-hydrogen) atoms. The molecule has 1 aromatic heterocycles. The minimum Gasteiger partial charge on any atom is -0.354 e. The minimum atomic E-state index is 0.640. The second-order valence-corrected chi connectivity index (χ2v) is 4.74. The molecule has 1 aliphatic heterocycles. The zero-order valence-electron chi connectivity index (χ0n) is 9.74. The molecule has 0 unspecified atom stereocenters. The van der Waals surface area contributed by atoms with Crippen molar-refractivity contribution >= 4 is 5.82 Å². The molecule has 3 rings (SSSR count). The monoisotopic (exact) mass is 218 g/mol. The third-order valence-electron chi connectivity index (χ3n) is 3.24. The zero-order valence-corrected chi connectivity index (χ0v) is 9.74. The summed E-state index contributed by atoms with van der Waals surface area (Å²) in [5.74, 6) is 2.82. The van der Waals surface area contributed by atoms with Crippen molar-refractivity contribution in [3.63, 3.8) is 0 Å². The Bertz CT molecular complexity index is 381. The summed E-state index contributed by atoms with van der Waals surface area (Å²) in [5.41, 5.74) is 1.10. The Morgan fingerprint density at radius 1 is 1.25 bits per heavy atom. The summed E-state index contributed by atoms with van der Waals surface area (Å²) < 4.78 is 0. The molecule has 2 fully saturated rings. The molecule has 0 bridgehead atoms. The number of anilines is 1. The van der Waals surface area contributed by atoms with E-state index in [4.69, 9.17) is 4.98 Å². The lowest BCUT2D eigenvalue weighted by atomic mass is 10.3. The Hall–Kier alpha value is -1.16. The fourth-order valence-corrected chi connectivity index (χ4v) is 2.15. The van der Waals surface area contributed by atoms with Crippen LogP contribution in [0.15, 0.2) is 6.07 Å². The summed E-state index contributed by atoms with van der Waals surface area (Å²) in [6, 6.07) is 2.11. The van der Waals surface area contributed by atoms with E-state index in [1.54, 1.807) is 0 Å². The maximum Gasteiger partial charge on any atom is 0.134 e. The van der Waals surface area contributed by atoms with Gasteiger partial charge in [-0.25, -0.2) is 9.97 Å². The number of rotatable bonds is 2. The van der Waals surface area contributed by atoms with E-state index < -0.39 is 0 Å². The Morgan fingerprint density at radius 2 is 2.00 bits per heavy atom. The van der Waals surface area contributed by atoms with Gasteiger partial charge in [0.1, 0.15) is 11.6 Å². The van der Waals surface area contributed by atoms with E-state index in [2.05, 4.69) is 28.2 Å². The molecule has 0 spiro atoms. The van der Waals surface area contributed by atoms with Gasteiger partial charge in [-0.1, -0.05) is 0 Å². The highest BCUT2D eigenvalue weighted by atomic mass is 15.2. The van der Waals surface area contributed by atoms with Gasteiger partial charge >= 0.3 is 0 Å². The molecule has 1 N–H and O–H groups in total. The van der Waals surface area contributed by atoms with Gasteiger partial charge in [0.15, 0.2) is 0 Å². The fourth-order valence-electron chi connectivity index (χ4n) is 2.15. The lowest BCUT2D eigenvalue weighted by Gasteiger charge is -2.28. The molecular weight excluding hydrogens is 200 g/mol. The first-order valence-corrected chi connectivity index (χ1v) is 6.14. The molecular formula is C12H18N4. The van der Waals surface area contributed by atoms with Crippen LogP contribution in [0.3, 0.4) is 0 Å². The lowest BCUT2D eigenvalue weighted by Crippen LogP contribution is -2.44. The van der Waals surface area contributed by atoms with E-state index in [-0.39, 0.29) is 0 Å². The van der Waals surface area contributed by atoms with Gasteiger partial charge in [-0.05, 0) is 19.8 Å². The highest BCUT2D eigenvalue weighted by Crippen LogP contribution is 2.38. The predicted octanol–water partition coefficient (Wildman–Crippen LogP) is 1.07. The van der Waals surface area contributed by atoms with Crippen LogP contribution in [-0.4, -0.2) is 36.1 Å². The van der Waals surface area contributed by atoms with E-state index in [0.717, 1.165) is 43.5 Å². The van der Waals surface area contributed by atoms with Gasteiger partial charge in [-0.2, -0.15) is 0 Å². The molecule has 0 radical (unpaired) electrons. The van der Waals surface area contributed by atoms with Gasteiger partial charge in [-0.15, -0.1) is 0 Å². The molecule has 4 nitrogen and oxygen atoms in total. The molecule has 0 atom stereocenters. The van der Waals surface area contributed by atoms with Gasteiger partial charge < -0.3 is 10.2 Å². The summed E-state index contributed by atoms with van der Waals surface area (Å²) in [4.78, 5) is 11.6. The van der Waals surface area contributed by atoms with E-state index in [9.17, 15) is 0 Å². The molecule has 0 aromatic carbocycles. The normalized spacial score (nSPS) is 21.2. The van der Waals surface area contributed by atoms with Crippen molar-refractivity contribution in [3.8, 4) is 0 Å². The van der Waals surface area contributed by atoms with E-state index in [1.807, 2.05) is 0 Å². The van der Waals surface area contributed by atoms with E-state index in [0.29, 0.717) is 5.92 Å². The van der Waals surface area contributed by atoms with E-state index >= 15 is 0 Å². The van der Waals surface area contributed by atoms with Crippen molar-refractivity contribution in [3.05, 3.63) is 17.6 Å². The van der Waals surface area contributed by atoms with Crippen LogP contribution in [0, 0.1) is 6.92 Å². The lowest BCUT2D eigenvalue weighted by molar-refractivity contribution is 0.583. The highest BCUT2D eigenvalue weighted by Gasteiger charge is 2.27. The molecule has 1 saturated heterocycles. The fraction of sp³-hybridized carbons (Fsp3) is 0.667. The smallest absolute Gasteiger partial charge is 0.134 e. The van der Waals surface area contributed by atoms with Crippen LogP contribution in [0.25, 0.3) is 0 Å². The van der Waals surface area contributed by atoms with Gasteiger partial charge in [0.2, 0.25) is 0 Å². The van der Waals surface area contributed by atoms with Crippen LogP contribution in [0.4, 0.5) is 5.82 Å². The van der Waals surface area contributed by atoms with Crippen LogP contribution >= 0.6 is 0 Å². The maximum absolute atomic E-state index is 4.71. The second-order valence-electron chi connectivity index (χ2n) is 4.74. The second kappa shape index (κ2) is 4.01. The van der Waals surface area contributed by atoms with E-state index in [1.165, 1.54) is 12.8 Å². The summed E-state index contributed by atoms with van der Waals surface area (Å²) in [6.07, 6.45) is 2.54. The largest absolute Gasteiger partial charge is 0.354 e. The third kappa shape index (κ3) is 2.02. The topological polar surface area (TPSA) is 41.0 Å². The van der Waals surface area contributed by atoms with Crippen LogP contribution in [0.1, 0.15) is 30.3 Å². The molecule has 2 heterocycles. The van der Waals surface area contributed by atoms with Crippen molar-refractivity contribution in [1.29, 1.82) is 0 Å². The number of nitrogens with one attached hydrogen (secondary N) is 1. The van der Waals surface area contributed by atoms with Crippen molar-refractivity contribution in [2.75, 3.05) is 31.1 Å². The SMILES string of the molecule is Cc1cc(N2CCNCC2)nc(C2CC2)n1. The average molecular weight is 218 g/mol. The molecule has 0 amide bonds. The van der Waals surface area contributed by atoms with Crippen molar-refractivity contribution < 1.29 is 0 Å². The summed E-state index contributed by atoms with van der Waals surface area (Å²) in [5, 5.41) is 3.36.